The number of esters is 2. The zero-order chi connectivity index (χ0) is 35.2. The van der Waals surface area contributed by atoms with Gasteiger partial charge in [-0.3, -0.25) is 9.69 Å². The van der Waals surface area contributed by atoms with Crippen molar-refractivity contribution in [3.63, 3.8) is 0 Å². The van der Waals surface area contributed by atoms with E-state index in [4.69, 9.17) is 14.2 Å². The molecule has 0 aliphatic carbocycles. The average molecular weight is 683 g/mol. The Morgan fingerprint density at radius 3 is 2.38 bits per heavy atom. The van der Waals surface area contributed by atoms with Crippen LogP contribution in [0.25, 0.3) is 11.1 Å². The number of nitrogens with one attached hydrogen (secondary N) is 1. The van der Waals surface area contributed by atoms with Gasteiger partial charge in [0.1, 0.15) is 25.1 Å². The summed E-state index contributed by atoms with van der Waals surface area (Å²) in [7, 11) is 1.53. The fourth-order valence-corrected chi connectivity index (χ4v) is 5.53. The molecule has 3 heterocycles. The Kier molecular flexibility index (Phi) is 10.3. The minimum atomic E-state index is -0.774. The molecule has 2 saturated heterocycles. The minimum Gasteiger partial charge on any atom is -0.459 e. The fourth-order valence-electron chi connectivity index (χ4n) is 5.53. The number of hydrogen-bond acceptors (Lipinski definition) is 11. The Morgan fingerprint density at radius 2 is 1.68 bits per heavy atom. The highest BCUT2D eigenvalue weighted by molar-refractivity contribution is 5.91. The number of likely N-dealkylation sites (N-methyl/N-ethyl adjacent to an activating group) is 1. The molecule has 2 fully saturated rings. The first-order valence-corrected chi connectivity index (χ1v) is 16.0. The topological polar surface area (TPSA) is 144 Å². The number of amides is 2. The molecule has 0 spiro atoms. The standard InChI is InChI=1S/C36H35FN6O7/c1-23(44)41(2)32-20-43(36(47)50-32)28-12-13-29(30(37)16-28)27-17-39-35(40-18-27)42-15-14-38-19-31(42)34(46)49-22-25-8-10-26(11-9-25)33(45)48-21-24-6-4-3-5-7-24/h3-13,16-18,31-32,38H,14-15,19-22H2,1-2H3/t31-,32?/m0/s1. The molecule has 1 unspecified atom stereocenters. The zero-order valence-electron chi connectivity index (χ0n) is 27.5. The first-order valence-electron chi connectivity index (χ1n) is 16.0. The summed E-state index contributed by atoms with van der Waals surface area (Å²) in [5.74, 6) is -1.51. The third-order valence-electron chi connectivity index (χ3n) is 8.49. The molecular weight excluding hydrogens is 647 g/mol. The van der Waals surface area contributed by atoms with Crippen LogP contribution >= 0.6 is 0 Å². The highest BCUT2D eigenvalue weighted by Gasteiger charge is 2.36. The normalized spacial score (nSPS) is 17.2. The molecule has 13 nitrogen and oxygen atoms in total. The highest BCUT2D eigenvalue weighted by Crippen LogP contribution is 2.30. The number of carbonyl (C=O) groups excluding carboxylic acids is 4. The van der Waals surface area contributed by atoms with Gasteiger partial charge in [0.15, 0.2) is 6.23 Å². The van der Waals surface area contributed by atoms with Crippen LogP contribution < -0.4 is 15.1 Å². The summed E-state index contributed by atoms with van der Waals surface area (Å²) >= 11 is 0. The number of piperazine rings is 1. The molecule has 0 radical (unpaired) electrons. The van der Waals surface area contributed by atoms with Crippen molar-refractivity contribution >= 4 is 35.6 Å². The number of ether oxygens (including phenoxy) is 3. The average Bonchev–Trinajstić information content (AvgIpc) is 3.54. The summed E-state index contributed by atoms with van der Waals surface area (Å²) < 4.78 is 31.6. The van der Waals surface area contributed by atoms with Gasteiger partial charge in [-0.1, -0.05) is 42.5 Å². The van der Waals surface area contributed by atoms with Gasteiger partial charge in [0, 0.05) is 57.1 Å². The molecule has 1 N–H and O–H groups in total. The van der Waals surface area contributed by atoms with Crippen LogP contribution in [0.15, 0.2) is 85.2 Å². The maximum absolute atomic E-state index is 15.3. The van der Waals surface area contributed by atoms with Crippen LogP contribution in [0.5, 0.6) is 0 Å². The van der Waals surface area contributed by atoms with E-state index in [0.717, 1.165) is 5.56 Å². The zero-order valence-corrected chi connectivity index (χ0v) is 27.5. The second kappa shape index (κ2) is 15.1. The molecule has 14 heteroatoms. The Bertz CT molecular complexity index is 1860. The maximum atomic E-state index is 15.3. The molecule has 2 aliphatic heterocycles. The molecule has 0 saturated carbocycles. The highest BCUT2D eigenvalue weighted by atomic mass is 19.1. The first kappa shape index (κ1) is 34.0. The van der Waals surface area contributed by atoms with E-state index in [2.05, 4.69) is 15.3 Å². The number of rotatable bonds is 10. The second-order valence-electron chi connectivity index (χ2n) is 11.8. The smallest absolute Gasteiger partial charge is 0.416 e. The van der Waals surface area contributed by atoms with Crippen LogP contribution in [0.3, 0.4) is 0 Å². The minimum absolute atomic E-state index is 0.000812. The molecule has 0 bridgehead atoms. The van der Waals surface area contributed by atoms with Gasteiger partial charge in [0.25, 0.3) is 0 Å². The lowest BCUT2D eigenvalue weighted by atomic mass is 10.1. The Balaban J connectivity index is 1.05. The Labute approximate surface area is 287 Å². The SMILES string of the molecule is CC(=O)N(C)C1CN(c2ccc(-c3cnc(N4CCNC[C@H]4C(=O)OCc4ccc(C(=O)OCc5ccccc5)cc4)nc3)c(F)c2)C(=O)O1. The van der Waals surface area contributed by atoms with E-state index in [1.54, 1.807) is 35.2 Å². The third kappa shape index (κ3) is 7.70. The van der Waals surface area contributed by atoms with E-state index in [0.29, 0.717) is 36.3 Å². The van der Waals surface area contributed by atoms with Gasteiger partial charge in [-0.05, 0) is 41.5 Å². The Hall–Kier alpha value is -5.89. The molecule has 6 rings (SSSR count). The van der Waals surface area contributed by atoms with Gasteiger partial charge in [-0.25, -0.2) is 28.7 Å². The van der Waals surface area contributed by atoms with E-state index in [-0.39, 0.29) is 42.9 Å². The van der Waals surface area contributed by atoms with Crippen LogP contribution in [0, 0.1) is 5.82 Å². The molecule has 3 aromatic carbocycles. The number of benzene rings is 3. The lowest BCUT2D eigenvalue weighted by Crippen LogP contribution is -2.56. The summed E-state index contributed by atoms with van der Waals surface area (Å²) in [6.45, 7) is 2.95. The summed E-state index contributed by atoms with van der Waals surface area (Å²) in [6.07, 6.45) is 1.49. The van der Waals surface area contributed by atoms with Crippen LogP contribution in [0.1, 0.15) is 28.4 Å². The summed E-state index contributed by atoms with van der Waals surface area (Å²) in [5.41, 5.74) is 2.88. The Morgan fingerprint density at radius 1 is 0.980 bits per heavy atom. The molecule has 2 atom stereocenters. The molecule has 1 aromatic heterocycles. The first-order chi connectivity index (χ1) is 24.2. The van der Waals surface area contributed by atoms with Crippen LogP contribution in [0.4, 0.5) is 20.8 Å². The third-order valence-corrected chi connectivity index (χ3v) is 8.49. The van der Waals surface area contributed by atoms with Crippen molar-refractivity contribution in [2.75, 3.05) is 43.0 Å². The van der Waals surface area contributed by atoms with Crippen molar-refractivity contribution < 1.29 is 37.8 Å². The van der Waals surface area contributed by atoms with Gasteiger partial charge < -0.3 is 29.3 Å². The fraction of sp³-hybridized carbons (Fsp3) is 0.278. The molecule has 2 aliphatic rings. The van der Waals surface area contributed by atoms with Crippen molar-refractivity contribution in [2.24, 2.45) is 0 Å². The summed E-state index contributed by atoms with van der Waals surface area (Å²) in [5, 5.41) is 3.19. The predicted molar refractivity (Wildman–Crippen MR) is 179 cm³/mol. The number of nitrogens with zero attached hydrogens (tertiary/aromatic N) is 5. The van der Waals surface area contributed by atoms with Gasteiger partial charge in [0.2, 0.25) is 11.9 Å². The maximum Gasteiger partial charge on any atom is 0.416 e. The predicted octanol–water partition coefficient (Wildman–Crippen LogP) is 3.92. The van der Waals surface area contributed by atoms with Crippen molar-refractivity contribution in [3.8, 4) is 11.1 Å². The van der Waals surface area contributed by atoms with E-state index in [1.165, 1.54) is 48.3 Å². The van der Waals surface area contributed by atoms with Crippen LogP contribution in [-0.4, -0.2) is 84.3 Å². The van der Waals surface area contributed by atoms with Gasteiger partial charge >= 0.3 is 18.0 Å². The largest absolute Gasteiger partial charge is 0.459 e. The van der Waals surface area contributed by atoms with Crippen molar-refractivity contribution in [1.82, 2.24) is 20.2 Å². The van der Waals surface area contributed by atoms with E-state index < -0.39 is 36.1 Å². The number of halogens is 1. The molecule has 2 amide bonds. The molecule has 258 valence electrons. The summed E-state index contributed by atoms with van der Waals surface area (Å²) in [4.78, 5) is 62.9. The second-order valence-corrected chi connectivity index (χ2v) is 11.8. The van der Waals surface area contributed by atoms with Crippen molar-refractivity contribution in [3.05, 3.63) is 108 Å². The molecule has 50 heavy (non-hydrogen) atoms. The summed E-state index contributed by atoms with van der Waals surface area (Å²) in [6, 6.07) is 19.7. The van der Waals surface area contributed by atoms with Crippen LogP contribution in [0.2, 0.25) is 0 Å². The quantitative estimate of drug-likeness (QED) is 0.192. The van der Waals surface area contributed by atoms with Crippen LogP contribution in [-0.2, 0) is 37.0 Å². The van der Waals surface area contributed by atoms with E-state index in [1.807, 2.05) is 30.3 Å². The number of anilines is 2. The lowest BCUT2D eigenvalue weighted by Gasteiger charge is -2.34. The van der Waals surface area contributed by atoms with Crippen molar-refractivity contribution in [1.29, 1.82) is 0 Å². The monoisotopic (exact) mass is 682 g/mol. The molecule has 4 aromatic rings. The van der Waals surface area contributed by atoms with Gasteiger partial charge in [0.05, 0.1) is 17.8 Å². The number of cyclic esters (lactones) is 1. The number of hydrogen-bond donors (Lipinski definition) is 1. The number of carbonyl (C=O) groups is 4. The van der Waals surface area contributed by atoms with Gasteiger partial charge in [-0.2, -0.15) is 0 Å². The molecular formula is C36H35FN6O7. The van der Waals surface area contributed by atoms with Gasteiger partial charge in [-0.15, -0.1) is 0 Å². The number of aromatic nitrogens is 2. The van der Waals surface area contributed by atoms with Crippen molar-refractivity contribution in [2.45, 2.75) is 32.4 Å². The van der Waals surface area contributed by atoms with E-state index in [9.17, 15) is 19.2 Å². The van der Waals surface area contributed by atoms with E-state index >= 15 is 4.39 Å². The lowest BCUT2D eigenvalue weighted by molar-refractivity contribution is -0.146.